The topological polar surface area (TPSA) is 67.9 Å². The highest BCUT2D eigenvalue weighted by Crippen LogP contribution is 2.38. The lowest BCUT2D eigenvalue weighted by atomic mass is 10.1. The van der Waals surface area contributed by atoms with Crippen LogP contribution in [0.4, 0.5) is 9.18 Å². The fraction of sp³-hybridized carbons (Fsp3) is 0.304. The van der Waals surface area contributed by atoms with Crippen molar-refractivity contribution < 1.29 is 23.5 Å². The molecule has 0 bridgehead atoms. The largest absolute Gasteiger partial charge is 0.490 e. The molecular formula is C23H24BrFN2O4. The SMILES string of the molecule is CCOc1cc(/C=C2/NC(=O)N(Cc3ccccc3F)C2=O)cc(Br)c1O[C@H](C)CC. The summed E-state index contributed by atoms with van der Waals surface area (Å²) in [4.78, 5) is 26.1. The van der Waals surface area contributed by atoms with Crippen LogP contribution in [0.15, 0.2) is 46.6 Å². The van der Waals surface area contributed by atoms with E-state index < -0.39 is 17.8 Å². The van der Waals surface area contributed by atoms with E-state index in [9.17, 15) is 14.0 Å². The molecule has 3 amide bonds. The molecular weight excluding hydrogens is 467 g/mol. The van der Waals surface area contributed by atoms with E-state index >= 15 is 0 Å². The lowest BCUT2D eigenvalue weighted by Crippen LogP contribution is -2.30. The molecule has 0 spiro atoms. The number of carbonyl (C=O) groups excluding carboxylic acids is 2. The molecule has 1 atom stereocenters. The summed E-state index contributed by atoms with van der Waals surface area (Å²) in [5, 5.41) is 2.56. The van der Waals surface area contributed by atoms with Crippen molar-refractivity contribution in [1.29, 1.82) is 0 Å². The van der Waals surface area contributed by atoms with Crippen molar-refractivity contribution in [2.45, 2.75) is 39.8 Å². The van der Waals surface area contributed by atoms with Crippen LogP contribution in [0.5, 0.6) is 11.5 Å². The quantitative estimate of drug-likeness (QED) is 0.404. The van der Waals surface area contributed by atoms with Crippen molar-refractivity contribution in [3.05, 3.63) is 63.5 Å². The van der Waals surface area contributed by atoms with Crippen LogP contribution >= 0.6 is 15.9 Å². The zero-order valence-corrected chi connectivity index (χ0v) is 19.2. The van der Waals surface area contributed by atoms with E-state index in [4.69, 9.17) is 9.47 Å². The highest BCUT2D eigenvalue weighted by Gasteiger charge is 2.34. The molecule has 31 heavy (non-hydrogen) atoms. The van der Waals surface area contributed by atoms with Gasteiger partial charge >= 0.3 is 6.03 Å². The highest BCUT2D eigenvalue weighted by molar-refractivity contribution is 9.10. The Hall–Kier alpha value is -2.87. The Balaban J connectivity index is 1.88. The third-order valence-electron chi connectivity index (χ3n) is 4.79. The van der Waals surface area contributed by atoms with Crippen LogP contribution < -0.4 is 14.8 Å². The maximum absolute atomic E-state index is 13.9. The first-order valence-electron chi connectivity index (χ1n) is 10.0. The number of nitrogens with one attached hydrogen (secondary N) is 1. The number of hydrogen-bond acceptors (Lipinski definition) is 4. The van der Waals surface area contributed by atoms with Crippen molar-refractivity contribution in [3.63, 3.8) is 0 Å². The molecule has 1 N–H and O–H groups in total. The summed E-state index contributed by atoms with van der Waals surface area (Å²) in [5.41, 5.74) is 1.01. The second kappa shape index (κ2) is 9.96. The maximum Gasteiger partial charge on any atom is 0.329 e. The summed E-state index contributed by atoms with van der Waals surface area (Å²) in [6, 6.07) is 8.98. The molecule has 0 aromatic heterocycles. The summed E-state index contributed by atoms with van der Waals surface area (Å²) in [5.74, 6) is 0.121. The average molecular weight is 491 g/mol. The molecule has 6 nitrogen and oxygen atoms in total. The van der Waals surface area contributed by atoms with Crippen LogP contribution in [0.1, 0.15) is 38.3 Å². The van der Waals surface area contributed by atoms with Crippen molar-refractivity contribution in [2.75, 3.05) is 6.61 Å². The summed E-state index contributed by atoms with van der Waals surface area (Å²) >= 11 is 3.51. The van der Waals surface area contributed by atoms with Crippen molar-refractivity contribution in [1.82, 2.24) is 10.2 Å². The van der Waals surface area contributed by atoms with Crippen molar-refractivity contribution >= 4 is 33.9 Å². The number of carbonyl (C=O) groups is 2. The minimum absolute atomic E-state index is 0.00217. The van der Waals surface area contributed by atoms with E-state index in [1.165, 1.54) is 6.07 Å². The van der Waals surface area contributed by atoms with Gasteiger partial charge in [-0.25, -0.2) is 9.18 Å². The summed E-state index contributed by atoms with van der Waals surface area (Å²) in [6.45, 7) is 6.15. The van der Waals surface area contributed by atoms with Gasteiger partial charge in [0.05, 0.1) is 23.7 Å². The summed E-state index contributed by atoms with van der Waals surface area (Å²) in [6.07, 6.45) is 2.40. The van der Waals surface area contributed by atoms with E-state index in [1.54, 1.807) is 36.4 Å². The van der Waals surface area contributed by atoms with Crippen LogP contribution in [0.25, 0.3) is 6.08 Å². The highest BCUT2D eigenvalue weighted by atomic mass is 79.9. The number of amides is 3. The molecule has 8 heteroatoms. The first-order valence-corrected chi connectivity index (χ1v) is 10.8. The Morgan fingerprint density at radius 3 is 2.65 bits per heavy atom. The van der Waals surface area contributed by atoms with Gasteiger partial charge in [0.25, 0.3) is 5.91 Å². The predicted octanol–water partition coefficient (Wildman–Crippen LogP) is 5.26. The minimum Gasteiger partial charge on any atom is -0.490 e. The Morgan fingerprint density at radius 2 is 1.97 bits per heavy atom. The molecule has 0 saturated carbocycles. The molecule has 1 fully saturated rings. The lowest BCUT2D eigenvalue weighted by Gasteiger charge is -2.18. The number of rotatable bonds is 8. The molecule has 1 aliphatic rings. The average Bonchev–Trinajstić information content (AvgIpc) is 2.99. The monoisotopic (exact) mass is 490 g/mol. The van der Waals surface area contributed by atoms with E-state index in [1.807, 2.05) is 20.8 Å². The van der Waals surface area contributed by atoms with Crippen LogP contribution in [-0.2, 0) is 11.3 Å². The molecule has 3 rings (SSSR count). The smallest absolute Gasteiger partial charge is 0.329 e. The van der Waals surface area contributed by atoms with Gasteiger partial charge in [0, 0.05) is 5.56 Å². The van der Waals surface area contributed by atoms with Gasteiger partial charge in [-0.2, -0.15) is 0 Å². The number of nitrogens with zero attached hydrogens (tertiary/aromatic N) is 1. The lowest BCUT2D eigenvalue weighted by molar-refractivity contribution is -0.123. The molecule has 2 aromatic carbocycles. The van der Waals surface area contributed by atoms with Gasteiger partial charge in [-0.1, -0.05) is 25.1 Å². The third kappa shape index (κ3) is 5.25. The summed E-state index contributed by atoms with van der Waals surface area (Å²) in [7, 11) is 0. The Morgan fingerprint density at radius 1 is 1.23 bits per heavy atom. The number of imide groups is 1. The summed E-state index contributed by atoms with van der Waals surface area (Å²) < 4.78 is 26.3. The zero-order valence-electron chi connectivity index (χ0n) is 17.6. The normalized spacial score (nSPS) is 15.9. The first-order chi connectivity index (χ1) is 14.8. The molecule has 1 saturated heterocycles. The zero-order chi connectivity index (χ0) is 22.5. The standard InChI is InChI=1S/C23H24BrFN2O4/c1-4-14(3)31-21-17(24)10-15(12-20(21)30-5-2)11-19-22(28)27(23(29)26-19)13-16-8-6-7-9-18(16)25/h6-12,14H,4-5,13H2,1-3H3,(H,26,29)/b19-11+/t14-/m1/s1. The van der Waals surface area contributed by atoms with Gasteiger partial charge in [0.1, 0.15) is 11.5 Å². The number of benzene rings is 2. The van der Waals surface area contributed by atoms with Gasteiger partial charge in [-0.15, -0.1) is 0 Å². The van der Waals surface area contributed by atoms with E-state index in [2.05, 4.69) is 21.2 Å². The molecule has 0 unspecified atom stereocenters. The maximum atomic E-state index is 13.9. The molecule has 1 aliphatic heterocycles. The van der Waals surface area contributed by atoms with Crippen LogP contribution in [0, 0.1) is 5.82 Å². The number of halogens is 2. The Bertz CT molecular complexity index is 1020. The van der Waals surface area contributed by atoms with Gasteiger partial charge in [-0.05, 0) is 66.0 Å². The third-order valence-corrected chi connectivity index (χ3v) is 5.37. The molecule has 0 aliphatic carbocycles. The fourth-order valence-electron chi connectivity index (χ4n) is 3.01. The molecule has 2 aromatic rings. The molecule has 164 valence electrons. The van der Waals surface area contributed by atoms with Gasteiger partial charge in [0.2, 0.25) is 0 Å². The van der Waals surface area contributed by atoms with Crippen molar-refractivity contribution in [2.24, 2.45) is 0 Å². The van der Waals surface area contributed by atoms with E-state index in [-0.39, 0.29) is 23.9 Å². The first kappa shape index (κ1) is 22.8. The predicted molar refractivity (Wildman–Crippen MR) is 119 cm³/mol. The number of hydrogen-bond donors (Lipinski definition) is 1. The van der Waals surface area contributed by atoms with Crippen molar-refractivity contribution in [3.8, 4) is 11.5 Å². The minimum atomic E-state index is -0.597. The molecule has 1 heterocycles. The number of ether oxygens (including phenoxy) is 2. The Labute approximate surface area is 189 Å². The molecule has 0 radical (unpaired) electrons. The second-order valence-corrected chi connectivity index (χ2v) is 7.92. The van der Waals surface area contributed by atoms with Gasteiger partial charge in [-0.3, -0.25) is 9.69 Å². The second-order valence-electron chi connectivity index (χ2n) is 7.07. The van der Waals surface area contributed by atoms with Crippen LogP contribution in [0.2, 0.25) is 0 Å². The van der Waals surface area contributed by atoms with Gasteiger partial charge < -0.3 is 14.8 Å². The van der Waals surface area contributed by atoms with E-state index in [0.717, 1.165) is 11.3 Å². The van der Waals surface area contributed by atoms with Crippen LogP contribution in [0.3, 0.4) is 0 Å². The fourth-order valence-corrected chi connectivity index (χ4v) is 3.57. The van der Waals surface area contributed by atoms with E-state index in [0.29, 0.717) is 28.1 Å². The number of urea groups is 1. The van der Waals surface area contributed by atoms with Gasteiger partial charge in [0.15, 0.2) is 11.5 Å². The Kier molecular flexibility index (Phi) is 7.33. The van der Waals surface area contributed by atoms with Crippen LogP contribution in [-0.4, -0.2) is 29.5 Å².